The van der Waals surface area contributed by atoms with Crippen LogP contribution >= 0.6 is 0 Å². The zero-order chi connectivity index (χ0) is 15.1. The number of benzene rings is 1. The van der Waals surface area contributed by atoms with Crippen LogP contribution in [0.3, 0.4) is 0 Å². The minimum Gasteiger partial charge on any atom is -0.379 e. The number of anilines is 2. The summed E-state index contributed by atoms with van der Waals surface area (Å²) in [7, 11) is 0. The van der Waals surface area contributed by atoms with Gasteiger partial charge in [-0.15, -0.1) is 0 Å². The third-order valence-corrected chi connectivity index (χ3v) is 3.22. The quantitative estimate of drug-likeness (QED) is 0.858. The van der Waals surface area contributed by atoms with Crippen molar-refractivity contribution in [2.24, 2.45) is 0 Å². The minimum atomic E-state index is -0.0594. The van der Waals surface area contributed by atoms with Crippen LogP contribution in [-0.4, -0.2) is 49.6 Å². The molecule has 2 rings (SSSR count). The molecular weight excluding hydrogens is 270 g/mol. The molecule has 114 valence electrons. The number of amides is 2. The highest BCUT2D eigenvalue weighted by atomic mass is 16.5. The summed E-state index contributed by atoms with van der Waals surface area (Å²) in [6.07, 6.45) is 0.424. The number of rotatable bonds is 5. The summed E-state index contributed by atoms with van der Waals surface area (Å²) in [5.74, 6) is -0.109. The fourth-order valence-electron chi connectivity index (χ4n) is 2.09. The van der Waals surface area contributed by atoms with Crippen LogP contribution in [-0.2, 0) is 14.3 Å². The van der Waals surface area contributed by atoms with E-state index in [-0.39, 0.29) is 11.8 Å². The van der Waals surface area contributed by atoms with Gasteiger partial charge in [0.2, 0.25) is 11.8 Å². The number of hydrogen-bond acceptors (Lipinski definition) is 4. The third kappa shape index (κ3) is 5.17. The van der Waals surface area contributed by atoms with E-state index < -0.39 is 0 Å². The van der Waals surface area contributed by atoms with E-state index in [1.54, 1.807) is 31.2 Å². The van der Waals surface area contributed by atoms with E-state index in [9.17, 15) is 9.59 Å². The fraction of sp³-hybridized carbons (Fsp3) is 0.467. The van der Waals surface area contributed by atoms with Crippen molar-refractivity contribution in [2.75, 3.05) is 43.5 Å². The Morgan fingerprint density at radius 1 is 1.14 bits per heavy atom. The maximum atomic E-state index is 12.0. The third-order valence-electron chi connectivity index (χ3n) is 3.22. The molecule has 0 unspecified atom stereocenters. The second kappa shape index (κ2) is 7.75. The van der Waals surface area contributed by atoms with Crippen LogP contribution in [0, 0.1) is 0 Å². The lowest BCUT2D eigenvalue weighted by atomic mass is 10.2. The molecule has 2 amide bonds. The Balaban J connectivity index is 1.87. The van der Waals surface area contributed by atoms with Crippen LogP contribution in [0.2, 0.25) is 0 Å². The summed E-state index contributed by atoms with van der Waals surface area (Å²) in [5.41, 5.74) is 1.37. The number of nitrogens with zero attached hydrogens (tertiary/aromatic N) is 1. The number of ether oxygens (including phenoxy) is 1. The van der Waals surface area contributed by atoms with Crippen molar-refractivity contribution in [3.05, 3.63) is 24.3 Å². The van der Waals surface area contributed by atoms with Gasteiger partial charge in [-0.25, -0.2) is 0 Å². The van der Waals surface area contributed by atoms with Crippen LogP contribution < -0.4 is 10.6 Å². The summed E-state index contributed by atoms with van der Waals surface area (Å²) >= 11 is 0. The molecule has 0 radical (unpaired) electrons. The molecule has 1 aliphatic heterocycles. The van der Waals surface area contributed by atoms with E-state index in [2.05, 4.69) is 15.5 Å². The average Bonchev–Trinajstić information content (AvgIpc) is 2.48. The van der Waals surface area contributed by atoms with Crippen molar-refractivity contribution >= 4 is 23.2 Å². The van der Waals surface area contributed by atoms with E-state index in [1.807, 2.05) is 0 Å². The molecule has 0 atom stereocenters. The smallest absolute Gasteiger partial charge is 0.238 e. The van der Waals surface area contributed by atoms with Gasteiger partial charge >= 0.3 is 0 Å². The Hall–Kier alpha value is -1.92. The molecule has 21 heavy (non-hydrogen) atoms. The molecule has 1 fully saturated rings. The Morgan fingerprint density at radius 2 is 1.76 bits per heavy atom. The summed E-state index contributed by atoms with van der Waals surface area (Å²) in [6.45, 7) is 5.05. The van der Waals surface area contributed by atoms with Gasteiger partial charge in [0.1, 0.15) is 0 Å². The van der Waals surface area contributed by atoms with E-state index in [1.165, 1.54) is 0 Å². The average molecular weight is 291 g/mol. The standard InChI is InChI=1S/C15H21N3O3/c1-2-14(19)16-12-4-3-5-13(10-12)17-15(20)11-18-6-8-21-9-7-18/h3-5,10H,2,6-9,11H2,1H3,(H,16,19)(H,17,20). The first kappa shape index (κ1) is 15.5. The van der Waals surface area contributed by atoms with Crippen LogP contribution in [0.5, 0.6) is 0 Å². The van der Waals surface area contributed by atoms with E-state index in [0.717, 1.165) is 13.1 Å². The lowest BCUT2D eigenvalue weighted by Gasteiger charge is -2.25. The summed E-state index contributed by atoms with van der Waals surface area (Å²) in [5, 5.41) is 5.62. The van der Waals surface area contributed by atoms with Gasteiger partial charge in [-0.1, -0.05) is 13.0 Å². The van der Waals surface area contributed by atoms with E-state index in [4.69, 9.17) is 4.74 Å². The van der Waals surface area contributed by atoms with Crippen LogP contribution in [0.1, 0.15) is 13.3 Å². The molecule has 0 spiro atoms. The summed E-state index contributed by atoms with van der Waals surface area (Å²) in [6, 6.07) is 7.16. The highest BCUT2D eigenvalue weighted by Gasteiger charge is 2.14. The van der Waals surface area contributed by atoms with Crippen LogP contribution in [0.15, 0.2) is 24.3 Å². The Morgan fingerprint density at radius 3 is 2.38 bits per heavy atom. The molecule has 0 saturated carbocycles. The predicted octanol–water partition coefficient (Wildman–Crippen LogP) is 1.31. The minimum absolute atomic E-state index is 0.0493. The molecule has 1 heterocycles. The molecule has 1 saturated heterocycles. The maximum Gasteiger partial charge on any atom is 0.238 e. The monoisotopic (exact) mass is 291 g/mol. The number of nitrogens with one attached hydrogen (secondary N) is 2. The number of carbonyl (C=O) groups excluding carboxylic acids is 2. The first-order valence-electron chi connectivity index (χ1n) is 7.17. The largest absolute Gasteiger partial charge is 0.379 e. The van der Waals surface area contributed by atoms with Gasteiger partial charge in [-0.05, 0) is 18.2 Å². The fourth-order valence-corrected chi connectivity index (χ4v) is 2.09. The molecule has 1 aromatic carbocycles. The molecule has 1 aromatic rings. The highest BCUT2D eigenvalue weighted by molar-refractivity contribution is 5.94. The molecule has 0 aromatic heterocycles. The Labute approximate surface area is 124 Å². The van der Waals surface area contributed by atoms with Gasteiger partial charge in [0.15, 0.2) is 0 Å². The topological polar surface area (TPSA) is 70.7 Å². The maximum absolute atomic E-state index is 12.0. The normalized spacial score (nSPS) is 15.5. The van der Waals surface area contributed by atoms with Crippen molar-refractivity contribution in [3.8, 4) is 0 Å². The van der Waals surface area contributed by atoms with E-state index in [0.29, 0.717) is 37.6 Å². The first-order valence-corrected chi connectivity index (χ1v) is 7.17. The van der Waals surface area contributed by atoms with Gasteiger partial charge in [0.25, 0.3) is 0 Å². The van der Waals surface area contributed by atoms with Gasteiger partial charge in [0, 0.05) is 30.9 Å². The lowest BCUT2D eigenvalue weighted by molar-refractivity contribution is -0.118. The first-order chi connectivity index (χ1) is 10.2. The SMILES string of the molecule is CCC(=O)Nc1cccc(NC(=O)CN2CCOCC2)c1. The van der Waals surface area contributed by atoms with Crippen molar-refractivity contribution in [2.45, 2.75) is 13.3 Å². The van der Waals surface area contributed by atoms with Crippen molar-refractivity contribution in [1.82, 2.24) is 4.90 Å². The van der Waals surface area contributed by atoms with Gasteiger partial charge in [-0.2, -0.15) is 0 Å². The molecule has 0 bridgehead atoms. The molecule has 0 aliphatic carbocycles. The van der Waals surface area contributed by atoms with Crippen LogP contribution in [0.25, 0.3) is 0 Å². The second-order valence-corrected chi connectivity index (χ2v) is 4.92. The second-order valence-electron chi connectivity index (χ2n) is 4.92. The lowest BCUT2D eigenvalue weighted by Crippen LogP contribution is -2.41. The van der Waals surface area contributed by atoms with Gasteiger partial charge in [0.05, 0.1) is 19.8 Å². The zero-order valence-electron chi connectivity index (χ0n) is 12.2. The van der Waals surface area contributed by atoms with Crippen molar-refractivity contribution in [1.29, 1.82) is 0 Å². The molecule has 6 heteroatoms. The predicted molar refractivity (Wildman–Crippen MR) is 81.3 cm³/mol. The molecule has 6 nitrogen and oxygen atoms in total. The van der Waals surface area contributed by atoms with Crippen molar-refractivity contribution in [3.63, 3.8) is 0 Å². The Kier molecular flexibility index (Phi) is 5.71. The molecular formula is C15H21N3O3. The Bertz CT molecular complexity index is 499. The van der Waals surface area contributed by atoms with Crippen LogP contribution in [0.4, 0.5) is 11.4 Å². The van der Waals surface area contributed by atoms with E-state index >= 15 is 0 Å². The zero-order valence-corrected chi connectivity index (χ0v) is 12.2. The summed E-state index contributed by atoms with van der Waals surface area (Å²) in [4.78, 5) is 25.4. The highest BCUT2D eigenvalue weighted by Crippen LogP contribution is 2.15. The number of hydrogen-bond donors (Lipinski definition) is 2. The van der Waals surface area contributed by atoms with Gasteiger partial charge in [-0.3, -0.25) is 14.5 Å². The van der Waals surface area contributed by atoms with Gasteiger partial charge < -0.3 is 15.4 Å². The molecule has 1 aliphatic rings. The number of morpholine rings is 1. The summed E-state index contributed by atoms with van der Waals surface area (Å²) < 4.78 is 5.25. The van der Waals surface area contributed by atoms with Crippen molar-refractivity contribution < 1.29 is 14.3 Å². The molecule has 2 N–H and O–H groups in total. The number of carbonyl (C=O) groups is 2.